The Morgan fingerprint density at radius 1 is 1.35 bits per heavy atom. The van der Waals surface area contributed by atoms with E-state index in [0.29, 0.717) is 36.1 Å². The van der Waals surface area contributed by atoms with Crippen LogP contribution in [0.3, 0.4) is 0 Å². The SMILES string of the molecule is O=C1NCC(C(=O)N2CCc3c(ccc(Cl)c3Cl)C2)N1. The minimum atomic E-state index is -0.480. The molecule has 5 nitrogen and oxygen atoms in total. The Bertz CT molecular complexity index is 591. The largest absolute Gasteiger partial charge is 0.336 e. The summed E-state index contributed by atoms with van der Waals surface area (Å²) >= 11 is 12.2. The fourth-order valence-electron chi connectivity index (χ4n) is 2.60. The Kier molecular flexibility index (Phi) is 3.48. The molecule has 1 atom stereocenters. The van der Waals surface area contributed by atoms with Gasteiger partial charge in [-0.05, 0) is 23.6 Å². The molecule has 20 heavy (non-hydrogen) atoms. The van der Waals surface area contributed by atoms with Gasteiger partial charge in [0.2, 0.25) is 5.91 Å². The van der Waals surface area contributed by atoms with Gasteiger partial charge in [0.15, 0.2) is 0 Å². The standard InChI is InChI=1S/C13H13Cl2N3O2/c14-9-2-1-7-6-18(4-3-8(7)11(9)15)12(19)10-5-16-13(20)17-10/h1-2,10H,3-6H2,(H2,16,17,20). The second-order valence-corrected chi connectivity index (χ2v) is 5.70. The first kappa shape index (κ1) is 13.5. The molecule has 7 heteroatoms. The van der Waals surface area contributed by atoms with E-state index in [1.165, 1.54) is 0 Å². The van der Waals surface area contributed by atoms with Gasteiger partial charge in [-0.3, -0.25) is 4.79 Å². The molecule has 1 unspecified atom stereocenters. The summed E-state index contributed by atoms with van der Waals surface area (Å²) in [5.74, 6) is -0.0694. The number of nitrogens with one attached hydrogen (secondary N) is 2. The molecule has 2 N–H and O–H groups in total. The molecule has 1 fully saturated rings. The molecule has 106 valence electrons. The monoisotopic (exact) mass is 313 g/mol. The number of nitrogens with zero attached hydrogens (tertiary/aromatic N) is 1. The minimum Gasteiger partial charge on any atom is -0.336 e. The van der Waals surface area contributed by atoms with Gasteiger partial charge in [-0.15, -0.1) is 0 Å². The third kappa shape index (κ3) is 2.31. The summed E-state index contributed by atoms with van der Waals surface area (Å²) in [5.41, 5.74) is 2.02. The zero-order chi connectivity index (χ0) is 14.3. The van der Waals surface area contributed by atoms with Crippen LogP contribution in [0.4, 0.5) is 4.79 Å². The Morgan fingerprint density at radius 3 is 2.85 bits per heavy atom. The molecule has 0 saturated carbocycles. The van der Waals surface area contributed by atoms with Crippen LogP contribution in [0.25, 0.3) is 0 Å². The van der Waals surface area contributed by atoms with Crippen molar-refractivity contribution in [2.45, 2.75) is 19.0 Å². The molecule has 0 aliphatic carbocycles. The van der Waals surface area contributed by atoms with Crippen molar-refractivity contribution in [1.29, 1.82) is 0 Å². The van der Waals surface area contributed by atoms with E-state index in [-0.39, 0.29) is 11.9 Å². The van der Waals surface area contributed by atoms with Gasteiger partial charge in [-0.25, -0.2) is 4.79 Å². The fourth-order valence-corrected chi connectivity index (χ4v) is 3.05. The van der Waals surface area contributed by atoms with Gasteiger partial charge in [-0.1, -0.05) is 29.3 Å². The first-order valence-electron chi connectivity index (χ1n) is 6.35. The maximum absolute atomic E-state index is 12.3. The lowest BCUT2D eigenvalue weighted by Gasteiger charge is -2.31. The summed E-state index contributed by atoms with van der Waals surface area (Å²) < 4.78 is 0. The van der Waals surface area contributed by atoms with E-state index in [4.69, 9.17) is 23.2 Å². The van der Waals surface area contributed by atoms with Crippen molar-refractivity contribution >= 4 is 35.1 Å². The number of fused-ring (bicyclic) bond motifs is 1. The number of rotatable bonds is 1. The number of hydrogen-bond acceptors (Lipinski definition) is 2. The lowest BCUT2D eigenvalue weighted by molar-refractivity contribution is -0.133. The van der Waals surface area contributed by atoms with Gasteiger partial charge in [0.05, 0.1) is 10.0 Å². The Morgan fingerprint density at radius 2 is 2.15 bits per heavy atom. The van der Waals surface area contributed by atoms with Crippen molar-refractivity contribution in [3.8, 4) is 0 Å². The van der Waals surface area contributed by atoms with Crippen molar-refractivity contribution in [2.24, 2.45) is 0 Å². The molecule has 2 aliphatic rings. The normalized spacial score (nSPS) is 21.2. The quantitative estimate of drug-likeness (QED) is 0.826. The van der Waals surface area contributed by atoms with Gasteiger partial charge in [0.1, 0.15) is 6.04 Å². The second-order valence-electron chi connectivity index (χ2n) is 4.92. The molecule has 0 bridgehead atoms. The first-order chi connectivity index (χ1) is 9.56. The summed E-state index contributed by atoms with van der Waals surface area (Å²) in [5, 5.41) is 6.31. The zero-order valence-corrected chi connectivity index (χ0v) is 12.1. The van der Waals surface area contributed by atoms with E-state index in [9.17, 15) is 9.59 Å². The topological polar surface area (TPSA) is 61.4 Å². The number of amides is 3. The molecule has 0 radical (unpaired) electrons. The van der Waals surface area contributed by atoms with Crippen LogP contribution in [0.1, 0.15) is 11.1 Å². The van der Waals surface area contributed by atoms with Gasteiger partial charge < -0.3 is 15.5 Å². The highest BCUT2D eigenvalue weighted by atomic mass is 35.5. The Hall–Kier alpha value is -1.46. The van der Waals surface area contributed by atoms with Crippen molar-refractivity contribution < 1.29 is 9.59 Å². The highest BCUT2D eigenvalue weighted by molar-refractivity contribution is 6.42. The zero-order valence-electron chi connectivity index (χ0n) is 10.6. The molecule has 1 aromatic carbocycles. The van der Waals surface area contributed by atoms with E-state index in [2.05, 4.69) is 10.6 Å². The predicted molar refractivity (Wildman–Crippen MR) is 75.9 cm³/mol. The second kappa shape index (κ2) is 5.14. The number of carbonyl (C=O) groups is 2. The summed E-state index contributed by atoms with van der Waals surface area (Å²) in [7, 11) is 0. The third-order valence-corrected chi connectivity index (χ3v) is 4.51. The molecular weight excluding hydrogens is 301 g/mol. The van der Waals surface area contributed by atoms with E-state index in [0.717, 1.165) is 11.1 Å². The molecule has 0 spiro atoms. The average molecular weight is 314 g/mol. The molecular formula is C13H13Cl2N3O2. The third-order valence-electron chi connectivity index (χ3n) is 3.67. The summed E-state index contributed by atoms with van der Waals surface area (Å²) in [6, 6.07) is 2.87. The number of benzene rings is 1. The van der Waals surface area contributed by atoms with Crippen LogP contribution in [-0.2, 0) is 17.8 Å². The lowest BCUT2D eigenvalue weighted by Crippen LogP contribution is -2.47. The van der Waals surface area contributed by atoms with E-state index < -0.39 is 6.04 Å². The molecule has 2 heterocycles. The van der Waals surface area contributed by atoms with Crippen molar-refractivity contribution in [3.05, 3.63) is 33.3 Å². The van der Waals surface area contributed by atoms with Gasteiger partial charge in [0, 0.05) is 19.6 Å². The maximum Gasteiger partial charge on any atom is 0.315 e. The van der Waals surface area contributed by atoms with Crippen LogP contribution in [0.5, 0.6) is 0 Å². The molecule has 3 rings (SSSR count). The Balaban J connectivity index is 1.77. The van der Waals surface area contributed by atoms with E-state index in [1.54, 1.807) is 11.0 Å². The minimum absolute atomic E-state index is 0.0694. The van der Waals surface area contributed by atoms with Gasteiger partial charge in [-0.2, -0.15) is 0 Å². The van der Waals surface area contributed by atoms with Crippen molar-refractivity contribution in [3.63, 3.8) is 0 Å². The number of urea groups is 1. The maximum atomic E-state index is 12.3. The van der Waals surface area contributed by atoms with Gasteiger partial charge in [0.25, 0.3) is 0 Å². The van der Waals surface area contributed by atoms with Crippen molar-refractivity contribution in [2.75, 3.05) is 13.1 Å². The summed E-state index contributed by atoms with van der Waals surface area (Å²) in [6.07, 6.45) is 0.675. The van der Waals surface area contributed by atoms with E-state index >= 15 is 0 Å². The van der Waals surface area contributed by atoms with Crippen LogP contribution in [-0.4, -0.2) is 36.0 Å². The number of halogens is 2. The molecule has 1 saturated heterocycles. The van der Waals surface area contributed by atoms with Crippen LogP contribution in [0.15, 0.2) is 12.1 Å². The Labute approximate surface area is 126 Å². The summed E-state index contributed by atoms with van der Waals surface area (Å²) in [4.78, 5) is 25.2. The molecule has 0 aromatic heterocycles. The van der Waals surface area contributed by atoms with Crippen LogP contribution in [0.2, 0.25) is 10.0 Å². The van der Waals surface area contributed by atoms with Crippen LogP contribution >= 0.6 is 23.2 Å². The highest BCUT2D eigenvalue weighted by Crippen LogP contribution is 2.32. The molecule has 2 aliphatic heterocycles. The van der Waals surface area contributed by atoms with Crippen LogP contribution < -0.4 is 10.6 Å². The van der Waals surface area contributed by atoms with Gasteiger partial charge >= 0.3 is 6.03 Å². The first-order valence-corrected chi connectivity index (χ1v) is 7.11. The molecule has 1 aromatic rings. The lowest BCUT2D eigenvalue weighted by atomic mass is 9.99. The smallest absolute Gasteiger partial charge is 0.315 e. The number of carbonyl (C=O) groups excluding carboxylic acids is 2. The highest BCUT2D eigenvalue weighted by Gasteiger charge is 2.32. The van der Waals surface area contributed by atoms with E-state index in [1.807, 2.05) is 6.07 Å². The summed E-state index contributed by atoms with van der Waals surface area (Å²) in [6.45, 7) is 1.41. The predicted octanol–water partition coefficient (Wildman–Crippen LogP) is 1.56. The average Bonchev–Trinajstić information content (AvgIpc) is 2.88. The molecule has 3 amide bonds. The van der Waals surface area contributed by atoms with Crippen molar-refractivity contribution in [1.82, 2.24) is 15.5 Å². The fraction of sp³-hybridized carbons (Fsp3) is 0.385. The number of hydrogen-bond donors (Lipinski definition) is 2. The van der Waals surface area contributed by atoms with Crippen LogP contribution in [0, 0.1) is 0 Å².